The highest BCUT2D eigenvalue weighted by Crippen LogP contribution is 2.30. The first-order valence-electron chi connectivity index (χ1n) is 4.74. The van der Waals surface area contributed by atoms with Crippen molar-refractivity contribution >= 4 is 44.2 Å². The van der Waals surface area contributed by atoms with Crippen LogP contribution >= 0.6 is 38.5 Å². The summed E-state index contributed by atoms with van der Waals surface area (Å²) in [5.74, 6) is 0.365. The van der Waals surface area contributed by atoms with Crippen molar-refractivity contribution in [3.8, 4) is 11.5 Å². The van der Waals surface area contributed by atoms with E-state index in [1.54, 1.807) is 30.3 Å². The molecule has 17 heavy (non-hydrogen) atoms. The van der Waals surface area contributed by atoms with Gasteiger partial charge in [0.25, 0.3) is 0 Å². The number of anilines is 1. The van der Waals surface area contributed by atoms with E-state index in [-0.39, 0.29) is 5.75 Å². The second kappa shape index (κ2) is 5.22. The quantitative estimate of drug-likeness (QED) is 0.584. The molecule has 0 saturated carbocycles. The van der Waals surface area contributed by atoms with Gasteiger partial charge in [-0.05, 0) is 59.0 Å². The predicted octanol–water partition coefficient (Wildman–Crippen LogP) is 4.57. The highest BCUT2D eigenvalue weighted by molar-refractivity contribution is 14.1. The lowest BCUT2D eigenvalue weighted by Gasteiger charge is -2.09. The van der Waals surface area contributed by atoms with Gasteiger partial charge in [-0.1, -0.05) is 15.9 Å². The maximum absolute atomic E-state index is 13.6. The summed E-state index contributed by atoms with van der Waals surface area (Å²) in [6, 6.07) is 9.87. The monoisotopic (exact) mass is 407 g/mol. The Morgan fingerprint density at radius 2 is 1.82 bits per heavy atom. The first kappa shape index (κ1) is 12.6. The van der Waals surface area contributed by atoms with Crippen LogP contribution in [0.5, 0.6) is 11.5 Å². The fourth-order valence-electron chi connectivity index (χ4n) is 1.28. The molecule has 2 rings (SSSR count). The first-order valence-corrected chi connectivity index (χ1v) is 6.61. The lowest BCUT2D eigenvalue weighted by atomic mass is 10.3. The maximum Gasteiger partial charge on any atom is 0.166 e. The second-order valence-electron chi connectivity index (χ2n) is 3.37. The van der Waals surface area contributed by atoms with E-state index < -0.39 is 5.82 Å². The normalized spacial score (nSPS) is 10.3. The van der Waals surface area contributed by atoms with E-state index in [1.165, 1.54) is 6.07 Å². The predicted molar refractivity (Wildman–Crippen MR) is 77.7 cm³/mol. The van der Waals surface area contributed by atoms with Crippen LogP contribution in [0.15, 0.2) is 40.9 Å². The van der Waals surface area contributed by atoms with E-state index in [0.717, 1.165) is 3.57 Å². The Labute approximate surface area is 120 Å². The largest absolute Gasteiger partial charge is 0.453 e. The van der Waals surface area contributed by atoms with Crippen molar-refractivity contribution in [2.24, 2.45) is 0 Å². The molecule has 88 valence electrons. The van der Waals surface area contributed by atoms with E-state index in [4.69, 9.17) is 10.5 Å². The number of benzene rings is 2. The number of nitrogen functional groups attached to an aromatic ring is 1. The molecule has 0 spiro atoms. The molecule has 0 aromatic heterocycles. The van der Waals surface area contributed by atoms with Gasteiger partial charge >= 0.3 is 0 Å². The zero-order chi connectivity index (χ0) is 12.4. The topological polar surface area (TPSA) is 35.2 Å². The molecular formula is C12H8BrFINO. The molecule has 0 aliphatic carbocycles. The van der Waals surface area contributed by atoms with Gasteiger partial charge in [0.15, 0.2) is 11.6 Å². The molecule has 5 heteroatoms. The maximum atomic E-state index is 13.6. The van der Waals surface area contributed by atoms with Crippen LogP contribution in [-0.2, 0) is 0 Å². The number of hydrogen-bond donors (Lipinski definition) is 1. The molecule has 2 nitrogen and oxygen atoms in total. The fourth-order valence-corrected chi connectivity index (χ4v) is 2.26. The van der Waals surface area contributed by atoms with Crippen LogP contribution in [0.25, 0.3) is 0 Å². The van der Waals surface area contributed by atoms with Crippen molar-refractivity contribution in [3.05, 3.63) is 50.3 Å². The molecule has 0 unspecified atom stereocenters. The molecule has 0 aliphatic rings. The zero-order valence-electron chi connectivity index (χ0n) is 8.58. The second-order valence-corrected chi connectivity index (χ2v) is 5.44. The van der Waals surface area contributed by atoms with Crippen LogP contribution in [0.4, 0.5) is 10.1 Å². The molecule has 0 heterocycles. The molecule has 2 aromatic rings. The molecule has 2 aromatic carbocycles. The van der Waals surface area contributed by atoms with Gasteiger partial charge in [0.1, 0.15) is 5.75 Å². The van der Waals surface area contributed by atoms with Crippen molar-refractivity contribution in [2.75, 3.05) is 5.73 Å². The van der Waals surface area contributed by atoms with Gasteiger partial charge in [0, 0.05) is 10.2 Å². The Balaban J connectivity index is 2.31. The van der Waals surface area contributed by atoms with Crippen molar-refractivity contribution in [1.29, 1.82) is 0 Å². The van der Waals surface area contributed by atoms with Gasteiger partial charge in [0.2, 0.25) is 0 Å². The Bertz CT molecular complexity index is 513. The molecule has 0 saturated heterocycles. The molecule has 0 bridgehead atoms. The van der Waals surface area contributed by atoms with Gasteiger partial charge < -0.3 is 10.5 Å². The van der Waals surface area contributed by atoms with E-state index in [9.17, 15) is 4.39 Å². The Kier molecular flexibility index (Phi) is 3.88. The third-order valence-corrected chi connectivity index (χ3v) is 3.41. The molecule has 0 aliphatic heterocycles. The number of halogens is 3. The van der Waals surface area contributed by atoms with Gasteiger partial charge in [0.05, 0.1) is 3.57 Å². The van der Waals surface area contributed by atoms with Crippen molar-refractivity contribution in [1.82, 2.24) is 0 Å². The standard InChI is InChI=1S/C12H8BrFINO/c13-7-1-3-11(9(14)5-7)17-12-4-2-8(16)6-10(12)15/h1-6H,16H2. The summed E-state index contributed by atoms with van der Waals surface area (Å²) in [6.45, 7) is 0. The van der Waals surface area contributed by atoms with E-state index in [0.29, 0.717) is 15.9 Å². The number of ether oxygens (including phenoxy) is 1. The minimum Gasteiger partial charge on any atom is -0.453 e. The van der Waals surface area contributed by atoms with Crippen LogP contribution < -0.4 is 10.5 Å². The molecule has 2 N–H and O–H groups in total. The molecule has 0 fully saturated rings. The Hall–Kier alpha value is -0.820. The van der Waals surface area contributed by atoms with Gasteiger partial charge in [-0.25, -0.2) is 4.39 Å². The Morgan fingerprint density at radius 1 is 1.12 bits per heavy atom. The summed E-state index contributed by atoms with van der Waals surface area (Å²) in [5.41, 5.74) is 6.28. The summed E-state index contributed by atoms with van der Waals surface area (Å²) in [7, 11) is 0. The van der Waals surface area contributed by atoms with Crippen LogP contribution in [0, 0.1) is 9.39 Å². The highest BCUT2D eigenvalue weighted by Gasteiger charge is 2.07. The van der Waals surface area contributed by atoms with Crippen LogP contribution in [-0.4, -0.2) is 0 Å². The fraction of sp³-hybridized carbons (Fsp3) is 0. The SMILES string of the molecule is Nc1ccc(Oc2ccc(Br)cc2F)c(I)c1. The third-order valence-electron chi connectivity index (χ3n) is 2.07. The summed E-state index contributed by atoms with van der Waals surface area (Å²) in [5, 5.41) is 0. The highest BCUT2D eigenvalue weighted by atomic mass is 127. The summed E-state index contributed by atoms with van der Waals surface area (Å²) in [4.78, 5) is 0. The van der Waals surface area contributed by atoms with Crippen molar-refractivity contribution < 1.29 is 9.13 Å². The lowest BCUT2D eigenvalue weighted by molar-refractivity contribution is 0.439. The Morgan fingerprint density at radius 3 is 2.47 bits per heavy atom. The van der Waals surface area contributed by atoms with Crippen LogP contribution in [0.3, 0.4) is 0 Å². The molecule has 0 atom stereocenters. The minimum atomic E-state index is -0.410. The smallest absolute Gasteiger partial charge is 0.166 e. The summed E-state index contributed by atoms with van der Waals surface area (Å²) >= 11 is 5.29. The van der Waals surface area contributed by atoms with Gasteiger partial charge in [-0.2, -0.15) is 0 Å². The average Bonchev–Trinajstić information content (AvgIpc) is 2.25. The zero-order valence-corrected chi connectivity index (χ0v) is 12.3. The number of hydrogen-bond acceptors (Lipinski definition) is 2. The average molecular weight is 408 g/mol. The van der Waals surface area contributed by atoms with Crippen molar-refractivity contribution in [2.45, 2.75) is 0 Å². The van der Waals surface area contributed by atoms with Gasteiger partial charge in [-0.3, -0.25) is 0 Å². The molecular weight excluding hydrogens is 400 g/mol. The third kappa shape index (κ3) is 3.10. The molecule has 0 amide bonds. The van der Waals surface area contributed by atoms with Crippen LogP contribution in [0.2, 0.25) is 0 Å². The lowest BCUT2D eigenvalue weighted by Crippen LogP contribution is -1.92. The number of nitrogens with two attached hydrogens (primary N) is 1. The minimum absolute atomic E-state index is 0.191. The number of rotatable bonds is 2. The van der Waals surface area contributed by atoms with Crippen LogP contribution in [0.1, 0.15) is 0 Å². The first-order chi connectivity index (χ1) is 8.06. The van der Waals surface area contributed by atoms with Crippen molar-refractivity contribution in [3.63, 3.8) is 0 Å². The van der Waals surface area contributed by atoms with E-state index in [2.05, 4.69) is 38.5 Å². The summed E-state index contributed by atoms with van der Waals surface area (Å²) < 4.78 is 20.6. The van der Waals surface area contributed by atoms with E-state index >= 15 is 0 Å². The van der Waals surface area contributed by atoms with E-state index in [1.807, 2.05) is 0 Å². The van der Waals surface area contributed by atoms with Gasteiger partial charge in [-0.15, -0.1) is 0 Å². The molecule has 0 radical (unpaired) electrons. The summed E-state index contributed by atoms with van der Waals surface area (Å²) in [6.07, 6.45) is 0.